The third-order valence-corrected chi connectivity index (χ3v) is 4.55. The van der Waals surface area contributed by atoms with Gasteiger partial charge in [-0.25, -0.2) is 0 Å². The predicted molar refractivity (Wildman–Crippen MR) is 119 cm³/mol. The van der Waals surface area contributed by atoms with Crippen molar-refractivity contribution < 1.29 is 4.79 Å². The molecule has 0 bridgehead atoms. The summed E-state index contributed by atoms with van der Waals surface area (Å²) < 4.78 is 0. The highest BCUT2D eigenvalue weighted by atomic mass is 127. The van der Waals surface area contributed by atoms with Crippen LogP contribution in [0.1, 0.15) is 44.6 Å². The Balaban J connectivity index is 0.00000338. The molecule has 146 valence electrons. The van der Waals surface area contributed by atoms with Crippen LogP contribution in [0.2, 0.25) is 0 Å². The third-order valence-electron chi connectivity index (χ3n) is 4.55. The van der Waals surface area contributed by atoms with Crippen LogP contribution in [0.5, 0.6) is 0 Å². The van der Waals surface area contributed by atoms with Gasteiger partial charge in [0.15, 0.2) is 5.96 Å². The molecular formula is C20H33IN4O. The Morgan fingerprint density at radius 2 is 1.73 bits per heavy atom. The number of hydrogen-bond acceptors (Lipinski definition) is 2. The van der Waals surface area contributed by atoms with E-state index in [4.69, 9.17) is 0 Å². The molecule has 1 aromatic rings. The average Bonchev–Trinajstić information content (AvgIpc) is 2.66. The van der Waals surface area contributed by atoms with E-state index in [9.17, 15) is 4.79 Å². The molecule has 26 heavy (non-hydrogen) atoms. The molecule has 1 amide bonds. The fourth-order valence-electron chi connectivity index (χ4n) is 3.16. The Morgan fingerprint density at radius 3 is 2.42 bits per heavy atom. The molecule has 1 aromatic carbocycles. The number of aliphatic imine (C=N–C) groups is 1. The van der Waals surface area contributed by atoms with Crippen LogP contribution in [-0.2, 0) is 11.2 Å². The second-order valence-electron chi connectivity index (χ2n) is 6.55. The highest BCUT2D eigenvalue weighted by molar-refractivity contribution is 14.0. The van der Waals surface area contributed by atoms with E-state index in [2.05, 4.69) is 52.1 Å². The SMILES string of the molecule is CCNC(=NCCc1ccccc1)NCCNC(=O)C1CCCCC1.I. The Bertz CT molecular complexity index is 530. The second-order valence-corrected chi connectivity index (χ2v) is 6.55. The molecular weight excluding hydrogens is 439 g/mol. The number of benzene rings is 1. The van der Waals surface area contributed by atoms with Gasteiger partial charge in [-0.3, -0.25) is 9.79 Å². The molecule has 0 unspecified atom stereocenters. The molecule has 0 heterocycles. The quantitative estimate of drug-likeness (QED) is 0.236. The summed E-state index contributed by atoms with van der Waals surface area (Å²) in [6.07, 6.45) is 6.67. The van der Waals surface area contributed by atoms with E-state index >= 15 is 0 Å². The van der Waals surface area contributed by atoms with E-state index in [0.717, 1.165) is 38.3 Å². The lowest BCUT2D eigenvalue weighted by Gasteiger charge is -2.21. The van der Waals surface area contributed by atoms with E-state index in [1.54, 1.807) is 0 Å². The molecule has 0 radical (unpaired) electrons. The van der Waals surface area contributed by atoms with Gasteiger partial charge in [-0.15, -0.1) is 24.0 Å². The van der Waals surface area contributed by atoms with Crippen molar-refractivity contribution in [2.24, 2.45) is 10.9 Å². The molecule has 5 nitrogen and oxygen atoms in total. The van der Waals surface area contributed by atoms with Crippen LogP contribution in [0.15, 0.2) is 35.3 Å². The van der Waals surface area contributed by atoms with Crippen LogP contribution in [0.4, 0.5) is 0 Å². The van der Waals surface area contributed by atoms with Crippen LogP contribution >= 0.6 is 24.0 Å². The standard InChI is InChI=1S/C20H32N4O.HI/c1-2-21-20(23-14-13-17-9-5-3-6-10-17)24-16-15-22-19(25)18-11-7-4-8-12-18;/h3,5-6,9-10,18H,2,4,7-8,11-16H2,1H3,(H,22,25)(H2,21,23,24);1H. The van der Waals surface area contributed by atoms with Crippen molar-refractivity contribution in [3.63, 3.8) is 0 Å². The van der Waals surface area contributed by atoms with Crippen molar-refractivity contribution in [3.8, 4) is 0 Å². The molecule has 0 saturated heterocycles. The number of rotatable bonds is 8. The normalized spacial score (nSPS) is 15.0. The molecule has 6 heteroatoms. The summed E-state index contributed by atoms with van der Waals surface area (Å²) in [5.41, 5.74) is 1.29. The van der Waals surface area contributed by atoms with E-state index in [1.807, 2.05) is 6.07 Å². The molecule has 0 aromatic heterocycles. The predicted octanol–water partition coefficient (Wildman–Crippen LogP) is 3.10. The number of halogens is 1. The van der Waals surface area contributed by atoms with Gasteiger partial charge in [0.05, 0.1) is 0 Å². The lowest BCUT2D eigenvalue weighted by Crippen LogP contribution is -2.42. The zero-order valence-electron chi connectivity index (χ0n) is 15.8. The molecule has 0 spiro atoms. The summed E-state index contributed by atoms with van der Waals surface area (Å²) in [5, 5.41) is 9.58. The van der Waals surface area contributed by atoms with Crippen LogP contribution < -0.4 is 16.0 Å². The summed E-state index contributed by atoms with van der Waals surface area (Å²) in [4.78, 5) is 16.7. The van der Waals surface area contributed by atoms with Crippen LogP contribution in [0.25, 0.3) is 0 Å². The number of hydrogen-bond donors (Lipinski definition) is 3. The lowest BCUT2D eigenvalue weighted by molar-refractivity contribution is -0.125. The number of guanidine groups is 1. The first kappa shape index (κ1) is 22.7. The first-order valence-electron chi connectivity index (χ1n) is 9.63. The second kappa shape index (κ2) is 13.8. The van der Waals surface area contributed by atoms with Crippen molar-refractivity contribution >= 4 is 35.8 Å². The van der Waals surface area contributed by atoms with Gasteiger partial charge in [0.1, 0.15) is 0 Å². The molecule has 1 saturated carbocycles. The highest BCUT2D eigenvalue weighted by Crippen LogP contribution is 2.23. The Kier molecular flexibility index (Phi) is 12.1. The molecule has 2 rings (SSSR count). The van der Waals surface area contributed by atoms with Crippen molar-refractivity contribution in [1.82, 2.24) is 16.0 Å². The zero-order valence-corrected chi connectivity index (χ0v) is 18.1. The van der Waals surface area contributed by atoms with Crippen molar-refractivity contribution in [1.29, 1.82) is 0 Å². The zero-order chi connectivity index (χ0) is 17.7. The number of nitrogens with zero attached hydrogens (tertiary/aromatic N) is 1. The number of amides is 1. The maximum absolute atomic E-state index is 12.1. The van der Waals surface area contributed by atoms with Crippen molar-refractivity contribution in [3.05, 3.63) is 35.9 Å². The Morgan fingerprint density at radius 1 is 1.04 bits per heavy atom. The van der Waals surface area contributed by atoms with Crippen LogP contribution in [-0.4, -0.2) is 38.0 Å². The van der Waals surface area contributed by atoms with Crippen molar-refractivity contribution in [2.75, 3.05) is 26.2 Å². The van der Waals surface area contributed by atoms with E-state index < -0.39 is 0 Å². The average molecular weight is 472 g/mol. The first-order valence-corrected chi connectivity index (χ1v) is 9.63. The molecule has 3 N–H and O–H groups in total. The fourth-order valence-corrected chi connectivity index (χ4v) is 3.16. The van der Waals surface area contributed by atoms with Gasteiger partial charge in [-0.1, -0.05) is 49.6 Å². The maximum Gasteiger partial charge on any atom is 0.223 e. The topological polar surface area (TPSA) is 65.5 Å². The van der Waals surface area contributed by atoms with E-state index in [1.165, 1.54) is 24.8 Å². The minimum Gasteiger partial charge on any atom is -0.357 e. The molecule has 1 aliphatic carbocycles. The van der Waals surface area contributed by atoms with Crippen LogP contribution in [0, 0.1) is 5.92 Å². The summed E-state index contributed by atoms with van der Waals surface area (Å²) >= 11 is 0. The monoisotopic (exact) mass is 472 g/mol. The smallest absolute Gasteiger partial charge is 0.223 e. The van der Waals surface area contributed by atoms with Crippen molar-refractivity contribution in [2.45, 2.75) is 45.4 Å². The largest absolute Gasteiger partial charge is 0.357 e. The minimum absolute atomic E-state index is 0. The molecule has 1 fully saturated rings. The van der Waals surface area contributed by atoms with Gasteiger partial charge in [0, 0.05) is 32.1 Å². The van der Waals surface area contributed by atoms with Crippen LogP contribution in [0.3, 0.4) is 0 Å². The number of carbonyl (C=O) groups excluding carboxylic acids is 1. The minimum atomic E-state index is 0. The van der Waals surface area contributed by atoms with Gasteiger partial charge >= 0.3 is 0 Å². The first-order chi connectivity index (χ1) is 12.3. The van der Waals surface area contributed by atoms with Gasteiger partial charge in [0.2, 0.25) is 5.91 Å². The van der Waals surface area contributed by atoms with Gasteiger partial charge < -0.3 is 16.0 Å². The summed E-state index contributed by atoms with van der Waals surface area (Å²) in [6, 6.07) is 10.4. The number of nitrogens with one attached hydrogen (secondary N) is 3. The molecule has 0 atom stereocenters. The highest BCUT2D eigenvalue weighted by Gasteiger charge is 2.20. The van der Waals surface area contributed by atoms with E-state index in [-0.39, 0.29) is 35.8 Å². The Labute approximate surface area is 174 Å². The van der Waals surface area contributed by atoms with Gasteiger partial charge in [-0.05, 0) is 31.7 Å². The van der Waals surface area contributed by atoms with Gasteiger partial charge in [-0.2, -0.15) is 0 Å². The summed E-state index contributed by atoms with van der Waals surface area (Å²) in [5.74, 6) is 1.25. The summed E-state index contributed by atoms with van der Waals surface area (Å²) in [6.45, 7) is 4.95. The van der Waals surface area contributed by atoms with Gasteiger partial charge in [0.25, 0.3) is 0 Å². The number of carbonyl (C=O) groups is 1. The van der Waals surface area contributed by atoms with E-state index in [0.29, 0.717) is 13.1 Å². The fraction of sp³-hybridized carbons (Fsp3) is 0.600. The summed E-state index contributed by atoms with van der Waals surface area (Å²) in [7, 11) is 0. The lowest BCUT2D eigenvalue weighted by atomic mass is 9.89. The Hall–Kier alpha value is -1.31. The third kappa shape index (κ3) is 8.87. The molecule has 0 aliphatic heterocycles. The molecule has 1 aliphatic rings. The maximum atomic E-state index is 12.1.